The van der Waals surface area contributed by atoms with Gasteiger partial charge in [-0.05, 0) is 161 Å². The third-order valence-electron chi connectivity index (χ3n) is 20.1. The molecule has 2 heterocycles. The van der Waals surface area contributed by atoms with E-state index in [0.29, 0.717) is 11.1 Å². The Balaban J connectivity index is 1.16. The van der Waals surface area contributed by atoms with Crippen molar-refractivity contribution in [3.63, 3.8) is 0 Å². The SMILES string of the molecule is CC(C)(C)c1ccc2c(c1)c1cc(-c3ccccc3)ccc1n2-c1c(C#N)c(C#N)c(-n2c3ccc(-c4ccccc4)cc3c3cc(C(C)(C)C)ccc32)c2c1C(C)(C)C1(c3cc(-c4ccccc4)ccc3-c3ccc(-c4ccccc4)cc31)C2(C)C. The van der Waals surface area contributed by atoms with Gasteiger partial charge in [-0.15, -0.1) is 0 Å². The highest BCUT2D eigenvalue weighted by molar-refractivity contribution is 6.13. The molecule has 0 unspecified atom stereocenters. The van der Waals surface area contributed by atoms with Gasteiger partial charge in [0, 0.05) is 37.8 Å². The van der Waals surface area contributed by atoms with Gasteiger partial charge >= 0.3 is 0 Å². The van der Waals surface area contributed by atoms with Gasteiger partial charge in [0.05, 0.1) is 44.6 Å². The monoisotopic (exact) mass is 1120 g/mol. The summed E-state index contributed by atoms with van der Waals surface area (Å²) in [4.78, 5) is 0. The second-order valence-electron chi connectivity index (χ2n) is 27.5. The zero-order valence-electron chi connectivity index (χ0n) is 51.2. The maximum atomic E-state index is 12.6. The van der Waals surface area contributed by atoms with Gasteiger partial charge in [0.1, 0.15) is 12.1 Å². The molecule has 0 amide bonds. The molecule has 420 valence electrons. The smallest absolute Gasteiger partial charge is 0.103 e. The van der Waals surface area contributed by atoms with Crippen LogP contribution in [-0.4, -0.2) is 9.13 Å². The molecule has 2 aliphatic carbocycles. The van der Waals surface area contributed by atoms with E-state index in [4.69, 9.17) is 0 Å². The third kappa shape index (κ3) is 7.60. The lowest BCUT2D eigenvalue weighted by Crippen LogP contribution is -2.51. The minimum Gasteiger partial charge on any atom is -0.308 e. The van der Waals surface area contributed by atoms with E-state index in [9.17, 15) is 10.5 Å². The van der Waals surface area contributed by atoms with E-state index in [1.165, 1.54) is 33.4 Å². The molecule has 0 atom stereocenters. The van der Waals surface area contributed by atoms with Crippen molar-refractivity contribution in [1.82, 2.24) is 9.13 Å². The molecule has 2 aromatic heterocycles. The number of benzene rings is 11. The summed E-state index contributed by atoms with van der Waals surface area (Å²) in [5, 5.41) is 29.5. The summed E-state index contributed by atoms with van der Waals surface area (Å²) in [6, 6.07) is 90.3. The predicted octanol–water partition coefficient (Wildman–Crippen LogP) is 21.4. The molecule has 0 saturated carbocycles. The fraction of sp³-hybridized carbons (Fsp3) is 0.181. The molecule has 4 heteroatoms. The molecule has 0 saturated heterocycles. The van der Waals surface area contributed by atoms with Gasteiger partial charge in [0.15, 0.2) is 0 Å². The zero-order chi connectivity index (χ0) is 60.1. The summed E-state index contributed by atoms with van der Waals surface area (Å²) in [6.45, 7) is 23.5. The van der Waals surface area contributed by atoms with Crippen LogP contribution in [0.25, 0.3) is 111 Å². The largest absolute Gasteiger partial charge is 0.308 e. The molecule has 2 aliphatic rings. The molecule has 4 nitrogen and oxygen atoms in total. The molecule has 0 aliphatic heterocycles. The van der Waals surface area contributed by atoms with Crippen molar-refractivity contribution in [2.45, 2.75) is 96.3 Å². The molecule has 15 rings (SSSR count). The number of rotatable bonds is 6. The Morgan fingerprint density at radius 3 is 0.920 bits per heavy atom. The summed E-state index contributed by atoms with van der Waals surface area (Å²) in [6.07, 6.45) is 0. The lowest BCUT2D eigenvalue weighted by molar-refractivity contribution is 0.231. The van der Waals surface area contributed by atoms with Crippen LogP contribution in [0.4, 0.5) is 0 Å². The molecular weight excluding hydrogens is 1050 g/mol. The van der Waals surface area contributed by atoms with Crippen molar-refractivity contribution in [3.8, 4) is 79.1 Å². The van der Waals surface area contributed by atoms with Gasteiger partial charge in [-0.25, -0.2) is 0 Å². The van der Waals surface area contributed by atoms with Gasteiger partial charge in [-0.1, -0.05) is 239 Å². The molecule has 0 fully saturated rings. The number of hydrogen-bond donors (Lipinski definition) is 0. The van der Waals surface area contributed by atoms with Crippen LogP contribution in [0, 0.1) is 22.7 Å². The highest BCUT2D eigenvalue weighted by Gasteiger charge is 2.69. The first-order valence-corrected chi connectivity index (χ1v) is 30.6. The van der Waals surface area contributed by atoms with E-state index in [-0.39, 0.29) is 10.8 Å². The van der Waals surface area contributed by atoms with Crippen LogP contribution in [0.1, 0.15) is 114 Å². The summed E-state index contributed by atoms with van der Waals surface area (Å²) < 4.78 is 4.77. The second-order valence-corrected chi connectivity index (χ2v) is 27.5. The number of hydrogen-bond acceptors (Lipinski definition) is 2. The van der Waals surface area contributed by atoms with E-state index in [1.807, 2.05) is 0 Å². The van der Waals surface area contributed by atoms with Crippen LogP contribution in [0.5, 0.6) is 0 Å². The van der Waals surface area contributed by atoms with E-state index in [0.717, 1.165) is 111 Å². The van der Waals surface area contributed by atoms with Gasteiger partial charge in [0.25, 0.3) is 0 Å². The van der Waals surface area contributed by atoms with Gasteiger partial charge < -0.3 is 9.13 Å². The van der Waals surface area contributed by atoms with Crippen LogP contribution in [-0.2, 0) is 27.1 Å². The quantitative estimate of drug-likeness (QED) is 0.167. The molecule has 0 radical (unpaired) electrons. The molecule has 13 aromatic rings. The summed E-state index contributed by atoms with van der Waals surface area (Å²) >= 11 is 0. The lowest BCUT2D eigenvalue weighted by Gasteiger charge is -2.49. The van der Waals surface area contributed by atoms with Crippen LogP contribution >= 0.6 is 0 Å². The fourth-order valence-corrected chi connectivity index (χ4v) is 16.1. The van der Waals surface area contributed by atoms with E-state index in [2.05, 4.69) is 321 Å². The third-order valence-corrected chi connectivity index (χ3v) is 20.1. The number of nitriles is 2. The maximum absolute atomic E-state index is 12.6. The Hall–Kier alpha value is -10.0. The van der Waals surface area contributed by atoms with Crippen molar-refractivity contribution >= 4 is 43.6 Å². The van der Waals surface area contributed by atoms with Gasteiger partial charge in [0.2, 0.25) is 0 Å². The fourth-order valence-electron chi connectivity index (χ4n) is 16.1. The average Bonchev–Trinajstić information content (AvgIpc) is 1.47. The first kappa shape index (κ1) is 53.7. The standard InChI is InChI=1S/C83H68N4/c1-79(2,3)59-35-41-73-65(47-59)63-43-55(51-23-15-11-16-24-51)33-39-71(63)86(73)77-67(49-84)68(50-85)78(87-72-40-34-56(52-25-17-12-18-26-52)44-64(72)66-48-60(80(4,5)6)36-42-74(66)87)76-75(77)81(7,8)83(82(76,9)10)69-45-57(53-27-19-13-20-28-53)31-37-61(69)62-38-32-58(46-70(62)83)54-29-21-14-22-30-54/h11-48H,1-10H3. The number of nitrogens with zero attached hydrogens (tertiary/aromatic N) is 4. The van der Waals surface area contributed by atoms with E-state index < -0.39 is 16.2 Å². The van der Waals surface area contributed by atoms with E-state index >= 15 is 0 Å². The molecule has 1 spiro atoms. The Bertz CT molecular complexity index is 4780. The lowest BCUT2D eigenvalue weighted by atomic mass is 9.52. The number of aromatic nitrogens is 2. The average molecular weight is 1120 g/mol. The summed E-state index contributed by atoms with van der Waals surface area (Å²) in [5.41, 5.74) is 21.9. The molecule has 11 aromatic carbocycles. The number of fused-ring (bicyclic) bond motifs is 12. The van der Waals surface area contributed by atoms with E-state index in [1.54, 1.807) is 0 Å². The summed E-state index contributed by atoms with van der Waals surface area (Å²) in [7, 11) is 0. The zero-order valence-corrected chi connectivity index (χ0v) is 51.2. The van der Waals surface area contributed by atoms with Crippen molar-refractivity contribution in [2.24, 2.45) is 0 Å². The highest BCUT2D eigenvalue weighted by Crippen LogP contribution is 2.73. The first-order valence-electron chi connectivity index (χ1n) is 30.6. The van der Waals surface area contributed by atoms with Crippen LogP contribution in [0.2, 0.25) is 0 Å². The van der Waals surface area contributed by atoms with Crippen molar-refractivity contribution < 1.29 is 0 Å². The Morgan fingerprint density at radius 2 is 0.609 bits per heavy atom. The van der Waals surface area contributed by atoms with Crippen LogP contribution in [0.15, 0.2) is 231 Å². The van der Waals surface area contributed by atoms with Crippen LogP contribution < -0.4 is 0 Å². The molecular formula is C83H68N4. The maximum Gasteiger partial charge on any atom is 0.103 e. The summed E-state index contributed by atoms with van der Waals surface area (Å²) in [5.74, 6) is 0. The second kappa shape index (κ2) is 19.0. The first-order chi connectivity index (χ1) is 41.9. The van der Waals surface area contributed by atoms with Gasteiger partial charge in [-0.3, -0.25) is 0 Å². The van der Waals surface area contributed by atoms with Crippen molar-refractivity contribution in [2.75, 3.05) is 0 Å². The topological polar surface area (TPSA) is 57.4 Å². The Kier molecular flexibility index (Phi) is 11.7. The van der Waals surface area contributed by atoms with Gasteiger partial charge in [-0.2, -0.15) is 10.5 Å². The molecule has 0 bridgehead atoms. The molecule has 0 N–H and O–H groups in total. The normalized spacial score (nSPS) is 14.6. The predicted molar refractivity (Wildman–Crippen MR) is 362 cm³/mol. The Morgan fingerprint density at radius 1 is 0.322 bits per heavy atom. The van der Waals surface area contributed by atoms with Crippen molar-refractivity contribution in [1.29, 1.82) is 10.5 Å². The van der Waals surface area contributed by atoms with Crippen molar-refractivity contribution in [3.05, 3.63) is 275 Å². The Labute approximate surface area is 510 Å². The highest BCUT2D eigenvalue weighted by atomic mass is 15.0. The minimum atomic E-state index is -0.815. The molecule has 87 heavy (non-hydrogen) atoms. The van der Waals surface area contributed by atoms with Crippen LogP contribution in [0.3, 0.4) is 0 Å². The minimum absolute atomic E-state index is 0.148.